The molecule has 1 heterocycles. The molecule has 12 heavy (non-hydrogen) atoms. The minimum Gasteiger partial charge on any atom is -0.378 e. The Morgan fingerprint density at radius 2 is 1.67 bits per heavy atom. The summed E-state index contributed by atoms with van der Waals surface area (Å²) in [6, 6.07) is 0. The maximum Gasteiger partial charge on any atom is 0.0597 e. The highest BCUT2D eigenvalue weighted by Crippen LogP contribution is 2.29. The lowest BCUT2D eigenvalue weighted by Crippen LogP contribution is -2.27. The van der Waals surface area contributed by atoms with E-state index in [0.29, 0.717) is 6.10 Å². The first kappa shape index (κ1) is 8.55. The molecule has 1 nitrogen and oxygen atoms in total. The van der Waals surface area contributed by atoms with Crippen LogP contribution in [0, 0.1) is 5.92 Å². The minimum absolute atomic E-state index is 0.645. The van der Waals surface area contributed by atoms with Gasteiger partial charge in [0.25, 0.3) is 0 Å². The molecule has 0 aromatic carbocycles. The van der Waals surface area contributed by atoms with Gasteiger partial charge in [0, 0.05) is 6.61 Å². The van der Waals surface area contributed by atoms with Gasteiger partial charge >= 0.3 is 0 Å². The van der Waals surface area contributed by atoms with Gasteiger partial charge in [-0.05, 0) is 25.2 Å². The highest BCUT2D eigenvalue weighted by atomic mass is 16.5. The van der Waals surface area contributed by atoms with E-state index < -0.39 is 0 Å². The van der Waals surface area contributed by atoms with Gasteiger partial charge in [-0.3, -0.25) is 0 Å². The van der Waals surface area contributed by atoms with Crippen LogP contribution in [-0.4, -0.2) is 12.7 Å². The fourth-order valence-electron chi connectivity index (χ4n) is 2.41. The zero-order valence-electron chi connectivity index (χ0n) is 7.93. The van der Waals surface area contributed by atoms with Gasteiger partial charge < -0.3 is 4.74 Å². The third-order valence-electron chi connectivity index (χ3n) is 3.42. The quantitative estimate of drug-likeness (QED) is 0.629. The molecule has 1 heteroatoms. The van der Waals surface area contributed by atoms with Crippen molar-refractivity contribution in [1.29, 1.82) is 0 Å². The molecule has 1 aliphatic carbocycles. The topological polar surface area (TPSA) is 9.23 Å². The minimum atomic E-state index is 0.645. The SMILES string of the molecule is C1CCC(CCC2CCO2)CC1. The zero-order valence-corrected chi connectivity index (χ0v) is 7.93. The van der Waals surface area contributed by atoms with E-state index in [1.165, 1.54) is 51.4 Å². The van der Waals surface area contributed by atoms with E-state index in [-0.39, 0.29) is 0 Å². The number of ether oxygens (including phenoxy) is 1. The average Bonchev–Trinajstić information content (AvgIpc) is 2.04. The second kappa shape index (κ2) is 4.27. The molecule has 1 atom stereocenters. The fraction of sp³-hybridized carbons (Fsp3) is 1.00. The van der Waals surface area contributed by atoms with Gasteiger partial charge in [-0.25, -0.2) is 0 Å². The highest BCUT2D eigenvalue weighted by Gasteiger charge is 2.20. The number of rotatable bonds is 3. The second-order valence-corrected chi connectivity index (χ2v) is 4.36. The molecule has 0 spiro atoms. The lowest BCUT2D eigenvalue weighted by atomic mass is 9.85. The molecule has 70 valence electrons. The summed E-state index contributed by atoms with van der Waals surface area (Å²) in [7, 11) is 0. The monoisotopic (exact) mass is 168 g/mol. The van der Waals surface area contributed by atoms with Crippen molar-refractivity contribution in [2.24, 2.45) is 5.92 Å². The Morgan fingerprint density at radius 3 is 2.25 bits per heavy atom. The van der Waals surface area contributed by atoms with Crippen LogP contribution in [0.25, 0.3) is 0 Å². The van der Waals surface area contributed by atoms with Crippen LogP contribution in [0.4, 0.5) is 0 Å². The summed E-state index contributed by atoms with van der Waals surface area (Å²) in [5.41, 5.74) is 0. The molecule has 2 aliphatic rings. The van der Waals surface area contributed by atoms with Crippen molar-refractivity contribution in [2.45, 2.75) is 57.5 Å². The van der Waals surface area contributed by atoms with Crippen molar-refractivity contribution in [3.63, 3.8) is 0 Å². The summed E-state index contributed by atoms with van der Waals surface area (Å²) >= 11 is 0. The Morgan fingerprint density at radius 1 is 0.917 bits per heavy atom. The molecule has 0 aromatic rings. The molecule has 0 amide bonds. The normalized spacial score (nSPS) is 31.5. The Labute approximate surface area is 75.5 Å². The molecule has 1 saturated heterocycles. The molecule has 1 aliphatic heterocycles. The van der Waals surface area contributed by atoms with Gasteiger partial charge in [0.05, 0.1) is 6.10 Å². The van der Waals surface area contributed by atoms with E-state index in [1.807, 2.05) is 0 Å². The molecule has 2 fully saturated rings. The molecule has 2 rings (SSSR count). The van der Waals surface area contributed by atoms with E-state index in [1.54, 1.807) is 0 Å². The van der Waals surface area contributed by atoms with Gasteiger partial charge in [0.1, 0.15) is 0 Å². The Hall–Kier alpha value is -0.0400. The summed E-state index contributed by atoms with van der Waals surface area (Å²) in [5.74, 6) is 1.04. The van der Waals surface area contributed by atoms with E-state index in [9.17, 15) is 0 Å². The lowest BCUT2D eigenvalue weighted by molar-refractivity contribution is -0.0578. The van der Waals surface area contributed by atoms with Crippen LogP contribution in [-0.2, 0) is 4.74 Å². The van der Waals surface area contributed by atoms with Crippen molar-refractivity contribution in [3.05, 3.63) is 0 Å². The van der Waals surface area contributed by atoms with Crippen molar-refractivity contribution in [1.82, 2.24) is 0 Å². The second-order valence-electron chi connectivity index (χ2n) is 4.36. The van der Waals surface area contributed by atoms with Gasteiger partial charge in [-0.1, -0.05) is 32.1 Å². The third-order valence-corrected chi connectivity index (χ3v) is 3.42. The first-order chi connectivity index (χ1) is 5.95. The van der Waals surface area contributed by atoms with Crippen LogP contribution < -0.4 is 0 Å². The zero-order chi connectivity index (χ0) is 8.23. The maximum absolute atomic E-state index is 5.42. The van der Waals surface area contributed by atoms with Crippen LogP contribution in [0.1, 0.15) is 51.4 Å². The molecule has 0 aromatic heterocycles. The molecular formula is C11H20O. The molecule has 0 bridgehead atoms. The van der Waals surface area contributed by atoms with Crippen molar-refractivity contribution < 1.29 is 4.74 Å². The standard InChI is InChI=1S/C11H20O/c1-2-4-10(5-3-1)6-7-11-8-9-12-11/h10-11H,1-9H2. The Kier molecular flexibility index (Phi) is 3.04. The summed E-state index contributed by atoms with van der Waals surface area (Å²) in [4.78, 5) is 0. The van der Waals surface area contributed by atoms with E-state index in [0.717, 1.165) is 12.5 Å². The molecule has 0 N–H and O–H groups in total. The van der Waals surface area contributed by atoms with Gasteiger partial charge in [-0.2, -0.15) is 0 Å². The van der Waals surface area contributed by atoms with Gasteiger partial charge in [0.15, 0.2) is 0 Å². The van der Waals surface area contributed by atoms with Crippen LogP contribution in [0.15, 0.2) is 0 Å². The van der Waals surface area contributed by atoms with Crippen molar-refractivity contribution in [3.8, 4) is 0 Å². The first-order valence-electron chi connectivity index (χ1n) is 5.57. The number of hydrogen-bond donors (Lipinski definition) is 0. The molecule has 1 unspecified atom stereocenters. The van der Waals surface area contributed by atoms with Crippen LogP contribution >= 0.6 is 0 Å². The summed E-state index contributed by atoms with van der Waals surface area (Å²) in [6.07, 6.45) is 12.2. The lowest BCUT2D eigenvalue weighted by Gasteiger charge is -2.29. The summed E-state index contributed by atoms with van der Waals surface area (Å²) in [5, 5.41) is 0. The third kappa shape index (κ3) is 2.22. The van der Waals surface area contributed by atoms with E-state index in [2.05, 4.69) is 0 Å². The first-order valence-corrected chi connectivity index (χ1v) is 5.57. The molecular weight excluding hydrogens is 148 g/mol. The van der Waals surface area contributed by atoms with Crippen LogP contribution in [0.2, 0.25) is 0 Å². The van der Waals surface area contributed by atoms with Crippen molar-refractivity contribution >= 4 is 0 Å². The number of hydrogen-bond acceptors (Lipinski definition) is 1. The van der Waals surface area contributed by atoms with Crippen molar-refractivity contribution in [2.75, 3.05) is 6.61 Å². The van der Waals surface area contributed by atoms with Crippen LogP contribution in [0.5, 0.6) is 0 Å². The largest absolute Gasteiger partial charge is 0.378 e. The smallest absolute Gasteiger partial charge is 0.0597 e. The summed E-state index contributed by atoms with van der Waals surface area (Å²) in [6.45, 7) is 1.02. The maximum atomic E-state index is 5.42. The predicted octanol–water partition coefficient (Wildman–Crippen LogP) is 3.14. The molecule has 0 radical (unpaired) electrons. The van der Waals surface area contributed by atoms with Gasteiger partial charge in [0.2, 0.25) is 0 Å². The Bertz CT molecular complexity index is 123. The average molecular weight is 168 g/mol. The summed E-state index contributed by atoms with van der Waals surface area (Å²) < 4.78 is 5.42. The fourth-order valence-corrected chi connectivity index (χ4v) is 2.41. The van der Waals surface area contributed by atoms with E-state index in [4.69, 9.17) is 4.74 Å². The Balaban J connectivity index is 1.58. The predicted molar refractivity (Wildman–Crippen MR) is 50.2 cm³/mol. The van der Waals surface area contributed by atoms with Crippen LogP contribution in [0.3, 0.4) is 0 Å². The highest BCUT2D eigenvalue weighted by molar-refractivity contribution is 4.71. The van der Waals surface area contributed by atoms with Gasteiger partial charge in [-0.15, -0.1) is 0 Å². The molecule has 1 saturated carbocycles. The van der Waals surface area contributed by atoms with E-state index >= 15 is 0 Å².